The first-order valence-corrected chi connectivity index (χ1v) is 16.5. The molecule has 0 aliphatic heterocycles. The average molecular weight is 626 g/mol. The van der Waals surface area contributed by atoms with Crippen molar-refractivity contribution < 1.29 is 8.83 Å². The summed E-state index contributed by atoms with van der Waals surface area (Å²) in [6.07, 6.45) is 0. The molecule has 0 amide bonds. The van der Waals surface area contributed by atoms with Crippen molar-refractivity contribution in [2.24, 2.45) is 0 Å². The van der Waals surface area contributed by atoms with Gasteiger partial charge in [-0.25, -0.2) is 4.98 Å². The van der Waals surface area contributed by atoms with Gasteiger partial charge in [-0.3, -0.25) is 4.57 Å². The topological polar surface area (TPSA) is 57.0 Å². The number of furan rings is 2. The largest absolute Gasteiger partial charge is 0.456 e. The van der Waals surface area contributed by atoms with Crippen LogP contribution >= 0.6 is 0 Å². The summed E-state index contributed by atoms with van der Waals surface area (Å²) in [5.74, 6) is 0.722. The number of para-hydroxylation sites is 1. The second-order valence-corrected chi connectivity index (χ2v) is 12.9. The van der Waals surface area contributed by atoms with Crippen LogP contribution in [0.5, 0.6) is 0 Å². The molecular formula is C44H23N3O2. The summed E-state index contributed by atoms with van der Waals surface area (Å²) in [5, 5.41) is 8.04. The summed E-state index contributed by atoms with van der Waals surface area (Å²) in [4.78, 5) is 10.9. The Morgan fingerprint density at radius 2 is 1.10 bits per heavy atom. The van der Waals surface area contributed by atoms with E-state index in [0.717, 1.165) is 77.7 Å². The molecular weight excluding hydrogens is 603 g/mol. The van der Waals surface area contributed by atoms with Crippen molar-refractivity contribution in [1.82, 2.24) is 14.5 Å². The van der Waals surface area contributed by atoms with Gasteiger partial charge in [0.25, 0.3) is 0 Å². The van der Waals surface area contributed by atoms with E-state index in [4.69, 9.17) is 18.8 Å². The molecule has 11 aromatic rings. The van der Waals surface area contributed by atoms with Crippen LogP contribution < -0.4 is 0 Å². The van der Waals surface area contributed by atoms with Crippen LogP contribution in [-0.2, 0) is 0 Å². The van der Waals surface area contributed by atoms with E-state index in [2.05, 4.69) is 120 Å². The Morgan fingerprint density at radius 1 is 0.429 bits per heavy atom. The third-order valence-corrected chi connectivity index (χ3v) is 10.4. The van der Waals surface area contributed by atoms with Crippen LogP contribution in [0.4, 0.5) is 0 Å². The maximum Gasteiger partial charge on any atom is 0.248 e. The monoisotopic (exact) mass is 625 g/mol. The summed E-state index contributed by atoms with van der Waals surface area (Å²) < 4.78 is 15.2. The van der Waals surface area contributed by atoms with Gasteiger partial charge in [0.15, 0.2) is 5.82 Å². The summed E-state index contributed by atoms with van der Waals surface area (Å²) in [6, 6.07) is 48.8. The second-order valence-electron chi connectivity index (χ2n) is 12.9. The highest BCUT2D eigenvalue weighted by molar-refractivity contribution is 6.38. The predicted octanol–water partition coefficient (Wildman–Crippen LogP) is 11.8. The van der Waals surface area contributed by atoms with Gasteiger partial charge in [-0.15, -0.1) is 0 Å². The zero-order chi connectivity index (χ0) is 31.8. The molecule has 0 saturated heterocycles. The molecule has 5 nitrogen and oxygen atoms in total. The Hall–Kier alpha value is -6.72. The molecule has 1 aliphatic carbocycles. The fraction of sp³-hybridized carbons (Fsp3) is 0. The predicted molar refractivity (Wildman–Crippen MR) is 198 cm³/mol. The van der Waals surface area contributed by atoms with Gasteiger partial charge in [-0.1, -0.05) is 103 Å². The Morgan fingerprint density at radius 3 is 2.00 bits per heavy atom. The van der Waals surface area contributed by atoms with Gasteiger partial charge in [0.1, 0.15) is 28.0 Å². The van der Waals surface area contributed by atoms with Crippen LogP contribution in [0, 0.1) is 0 Å². The van der Waals surface area contributed by atoms with Crippen LogP contribution in [0.2, 0.25) is 0 Å². The molecule has 0 spiro atoms. The number of nitrogens with zero attached hydrogens (tertiary/aromatic N) is 3. The highest BCUT2D eigenvalue weighted by Crippen LogP contribution is 2.51. The summed E-state index contributed by atoms with van der Waals surface area (Å²) in [6.45, 7) is 0. The molecule has 0 radical (unpaired) electrons. The second kappa shape index (κ2) is 9.00. The van der Waals surface area contributed by atoms with Crippen molar-refractivity contribution in [3.05, 3.63) is 140 Å². The number of fused-ring (bicyclic) bond motifs is 4. The Balaban J connectivity index is 1.31. The molecule has 12 rings (SSSR count). The lowest BCUT2D eigenvalue weighted by atomic mass is 9.95. The third kappa shape index (κ3) is 3.19. The van der Waals surface area contributed by atoms with E-state index >= 15 is 0 Å². The lowest BCUT2D eigenvalue weighted by molar-refractivity contribution is 0.652. The summed E-state index contributed by atoms with van der Waals surface area (Å²) in [7, 11) is 0. The highest BCUT2D eigenvalue weighted by atomic mass is 16.3. The number of hydrogen-bond donors (Lipinski definition) is 0. The van der Waals surface area contributed by atoms with Crippen molar-refractivity contribution in [3.63, 3.8) is 0 Å². The van der Waals surface area contributed by atoms with Gasteiger partial charge >= 0.3 is 0 Å². The normalized spacial score (nSPS) is 12.5. The summed E-state index contributed by atoms with van der Waals surface area (Å²) >= 11 is 0. The lowest BCUT2D eigenvalue weighted by Gasteiger charge is -2.16. The summed E-state index contributed by atoms with van der Waals surface area (Å²) in [5.41, 5.74) is 12.3. The molecule has 0 unspecified atom stereocenters. The van der Waals surface area contributed by atoms with Gasteiger partial charge < -0.3 is 8.83 Å². The van der Waals surface area contributed by atoms with Crippen LogP contribution in [0.15, 0.2) is 148 Å². The van der Waals surface area contributed by atoms with Crippen LogP contribution in [0.25, 0.3) is 116 Å². The molecule has 7 aromatic carbocycles. The quantitative estimate of drug-likeness (QED) is 0.196. The number of benzene rings is 7. The SMILES string of the molecule is c1ccc(-c2ccccc2-c2nc3c(nc2-n2c4ccc5cccc6c5c4c4c5c(ccc42)oc2cccc-6c25)oc2ccccc23)cc1. The van der Waals surface area contributed by atoms with Gasteiger partial charge in [-0.05, 0) is 69.4 Å². The fourth-order valence-electron chi connectivity index (χ4n) is 8.36. The fourth-order valence-corrected chi connectivity index (χ4v) is 8.36. The maximum absolute atomic E-state index is 6.53. The van der Waals surface area contributed by atoms with E-state index in [1.165, 1.54) is 32.7 Å². The van der Waals surface area contributed by atoms with Crippen LogP contribution in [0.3, 0.4) is 0 Å². The van der Waals surface area contributed by atoms with Crippen molar-refractivity contribution >= 4 is 76.7 Å². The number of hydrogen-bond acceptors (Lipinski definition) is 4. The maximum atomic E-state index is 6.53. The van der Waals surface area contributed by atoms with Crippen LogP contribution in [0.1, 0.15) is 0 Å². The molecule has 0 saturated carbocycles. The standard InChI is InChI=1S/C44H23N3O2/c1-2-10-24(11-3-1)26-13-4-5-14-29(26)41-43(46-44-42(45-41)30-15-6-7-18-33(30)49-44)47-31-21-20-25-12-8-16-27-28-17-9-19-34-37(28)40-35(48-34)23-22-32(47)39(40)38(31)36(25)27/h1-23H. The van der Waals surface area contributed by atoms with Crippen molar-refractivity contribution in [2.75, 3.05) is 0 Å². The van der Waals surface area contributed by atoms with Crippen LogP contribution in [-0.4, -0.2) is 14.5 Å². The molecule has 0 atom stereocenters. The molecule has 226 valence electrons. The molecule has 49 heavy (non-hydrogen) atoms. The minimum Gasteiger partial charge on any atom is -0.456 e. The Labute approximate surface area is 278 Å². The number of aromatic nitrogens is 3. The minimum absolute atomic E-state index is 0.512. The molecule has 0 N–H and O–H groups in total. The lowest BCUT2D eigenvalue weighted by Crippen LogP contribution is -2.04. The van der Waals surface area contributed by atoms with Crippen molar-refractivity contribution in [2.45, 2.75) is 0 Å². The van der Waals surface area contributed by atoms with E-state index in [-0.39, 0.29) is 0 Å². The first kappa shape index (κ1) is 25.4. The van der Waals surface area contributed by atoms with Gasteiger partial charge in [-0.2, -0.15) is 4.98 Å². The average Bonchev–Trinajstić information content (AvgIpc) is 3.80. The Kier molecular flexibility index (Phi) is 4.66. The molecule has 4 heterocycles. The molecule has 1 aliphatic rings. The first-order valence-electron chi connectivity index (χ1n) is 16.5. The van der Waals surface area contributed by atoms with E-state index in [9.17, 15) is 0 Å². The molecule has 4 aromatic heterocycles. The van der Waals surface area contributed by atoms with Crippen molar-refractivity contribution in [3.8, 4) is 39.3 Å². The number of rotatable bonds is 3. The molecule has 5 heteroatoms. The zero-order valence-electron chi connectivity index (χ0n) is 25.9. The molecule has 0 fully saturated rings. The van der Waals surface area contributed by atoms with Gasteiger partial charge in [0.05, 0.1) is 11.0 Å². The van der Waals surface area contributed by atoms with Gasteiger partial charge in [0.2, 0.25) is 5.71 Å². The first-order chi connectivity index (χ1) is 24.3. The van der Waals surface area contributed by atoms with Crippen molar-refractivity contribution in [1.29, 1.82) is 0 Å². The van der Waals surface area contributed by atoms with E-state index < -0.39 is 0 Å². The smallest absolute Gasteiger partial charge is 0.248 e. The van der Waals surface area contributed by atoms with E-state index in [1.54, 1.807) is 0 Å². The molecule has 0 bridgehead atoms. The van der Waals surface area contributed by atoms with Gasteiger partial charge in [0, 0.05) is 32.5 Å². The highest BCUT2D eigenvalue weighted by Gasteiger charge is 2.29. The van der Waals surface area contributed by atoms with E-state index in [0.29, 0.717) is 5.71 Å². The minimum atomic E-state index is 0.512. The van der Waals surface area contributed by atoms with E-state index in [1.807, 2.05) is 24.3 Å². The third-order valence-electron chi connectivity index (χ3n) is 10.4. The zero-order valence-corrected chi connectivity index (χ0v) is 25.9. The Bertz CT molecular complexity index is 3220.